The van der Waals surface area contributed by atoms with E-state index in [0.717, 1.165) is 37.8 Å². The van der Waals surface area contributed by atoms with E-state index in [1.165, 1.54) is 18.2 Å². The summed E-state index contributed by atoms with van der Waals surface area (Å²) in [6, 6.07) is 5.52. The van der Waals surface area contributed by atoms with Crippen LogP contribution in [0.15, 0.2) is 30.3 Å². The first-order valence-corrected chi connectivity index (χ1v) is 13.6. The lowest BCUT2D eigenvalue weighted by atomic mass is 9.92. The molecule has 1 aromatic heterocycles. The summed E-state index contributed by atoms with van der Waals surface area (Å²) in [4.78, 5) is 24.1. The molecule has 3 heterocycles. The molecule has 0 spiro atoms. The third-order valence-corrected chi connectivity index (χ3v) is 7.55. The minimum Gasteiger partial charge on any atom is -0.356 e. The zero-order chi connectivity index (χ0) is 28.9. The number of nitrogens with two attached hydrogens (primary N) is 1. The second-order valence-corrected chi connectivity index (χ2v) is 10.4. The standard InChI is InChI=1S/C27H34F6N6O/c28-26(29,30)20-7-5-19(6-8-20)9-13-35-24(40)21-4-2-14-39(21)23-17-22(36-25(37-23)27(31,32)33)38-15-10-18(11-16-38)3-1-12-34/h5-8,17-18,21H,1-4,9-16,34H2,(H,35,40). The lowest BCUT2D eigenvalue weighted by Gasteiger charge is -2.34. The van der Waals surface area contributed by atoms with Crippen molar-refractivity contribution >= 4 is 17.5 Å². The second-order valence-electron chi connectivity index (χ2n) is 10.4. The van der Waals surface area contributed by atoms with E-state index >= 15 is 0 Å². The van der Waals surface area contributed by atoms with E-state index < -0.39 is 29.8 Å². The number of halogens is 6. The van der Waals surface area contributed by atoms with Gasteiger partial charge in [0.05, 0.1) is 5.56 Å². The van der Waals surface area contributed by atoms with Gasteiger partial charge in [0.25, 0.3) is 0 Å². The number of nitrogens with one attached hydrogen (secondary N) is 1. The Labute approximate surface area is 229 Å². The summed E-state index contributed by atoms with van der Waals surface area (Å²) in [7, 11) is 0. The van der Waals surface area contributed by atoms with Gasteiger partial charge in [0, 0.05) is 32.2 Å². The molecule has 2 aromatic rings. The van der Waals surface area contributed by atoms with Gasteiger partial charge in [0.1, 0.15) is 17.7 Å². The highest BCUT2D eigenvalue weighted by molar-refractivity contribution is 5.85. The fraction of sp³-hybridized carbons (Fsp3) is 0.593. The van der Waals surface area contributed by atoms with Crippen molar-refractivity contribution in [2.45, 2.75) is 63.3 Å². The summed E-state index contributed by atoms with van der Waals surface area (Å²) >= 11 is 0. The van der Waals surface area contributed by atoms with Gasteiger partial charge in [-0.05, 0) is 75.1 Å². The maximum absolute atomic E-state index is 13.8. The van der Waals surface area contributed by atoms with Crippen LogP contribution in [0, 0.1) is 5.92 Å². The number of hydrogen-bond acceptors (Lipinski definition) is 6. The molecule has 7 nitrogen and oxygen atoms in total. The molecule has 0 radical (unpaired) electrons. The van der Waals surface area contributed by atoms with Crippen LogP contribution in [0.25, 0.3) is 0 Å². The van der Waals surface area contributed by atoms with Crippen LogP contribution < -0.4 is 20.9 Å². The van der Waals surface area contributed by atoms with Crippen LogP contribution in [0.5, 0.6) is 0 Å². The molecule has 40 heavy (non-hydrogen) atoms. The number of aromatic nitrogens is 2. The van der Waals surface area contributed by atoms with Gasteiger partial charge in [0.2, 0.25) is 11.7 Å². The molecule has 2 saturated heterocycles. The number of piperidine rings is 1. The third-order valence-electron chi connectivity index (χ3n) is 7.55. The number of carbonyl (C=O) groups excluding carboxylic acids is 1. The first-order valence-electron chi connectivity index (χ1n) is 13.6. The number of anilines is 2. The number of amides is 1. The molecule has 0 aliphatic carbocycles. The van der Waals surface area contributed by atoms with E-state index in [0.29, 0.717) is 56.9 Å². The summed E-state index contributed by atoms with van der Waals surface area (Å²) in [6.45, 7) is 2.32. The van der Waals surface area contributed by atoms with Crippen molar-refractivity contribution in [3.05, 3.63) is 47.3 Å². The van der Waals surface area contributed by atoms with Crippen LogP contribution in [0.2, 0.25) is 0 Å². The van der Waals surface area contributed by atoms with Gasteiger partial charge in [-0.1, -0.05) is 12.1 Å². The molecule has 2 fully saturated rings. The molecule has 1 amide bonds. The summed E-state index contributed by atoms with van der Waals surface area (Å²) in [6.07, 6.45) is -4.21. The average Bonchev–Trinajstić information content (AvgIpc) is 3.42. The number of benzene rings is 1. The van der Waals surface area contributed by atoms with E-state index in [1.807, 2.05) is 4.90 Å². The average molecular weight is 573 g/mol. The summed E-state index contributed by atoms with van der Waals surface area (Å²) in [5, 5.41) is 2.77. The second kappa shape index (κ2) is 12.6. The predicted molar refractivity (Wildman–Crippen MR) is 139 cm³/mol. The highest BCUT2D eigenvalue weighted by Gasteiger charge is 2.39. The van der Waals surface area contributed by atoms with Crippen molar-refractivity contribution in [1.29, 1.82) is 0 Å². The van der Waals surface area contributed by atoms with Crippen molar-refractivity contribution in [3.8, 4) is 0 Å². The van der Waals surface area contributed by atoms with Crippen molar-refractivity contribution in [2.75, 3.05) is 42.5 Å². The molecule has 3 N–H and O–H groups in total. The molecule has 2 aliphatic heterocycles. The minimum absolute atomic E-state index is 0.0583. The number of nitrogens with zero attached hydrogens (tertiary/aromatic N) is 4. The van der Waals surface area contributed by atoms with Crippen LogP contribution in [0.4, 0.5) is 38.0 Å². The molecular formula is C27H34F6N6O. The molecule has 2 aliphatic rings. The predicted octanol–water partition coefficient (Wildman–Crippen LogP) is 4.80. The Hall–Kier alpha value is -3.09. The van der Waals surface area contributed by atoms with Gasteiger partial charge in [-0.3, -0.25) is 4.79 Å². The van der Waals surface area contributed by atoms with Crippen molar-refractivity contribution < 1.29 is 31.1 Å². The Morgan fingerprint density at radius 3 is 2.25 bits per heavy atom. The van der Waals surface area contributed by atoms with Gasteiger partial charge < -0.3 is 20.9 Å². The third kappa shape index (κ3) is 7.55. The number of alkyl halides is 6. The van der Waals surface area contributed by atoms with Crippen LogP contribution in [-0.2, 0) is 23.6 Å². The first kappa shape index (κ1) is 29.9. The van der Waals surface area contributed by atoms with E-state index in [2.05, 4.69) is 15.3 Å². The lowest BCUT2D eigenvalue weighted by molar-refractivity contribution is -0.144. The maximum atomic E-state index is 13.8. The van der Waals surface area contributed by atoms with Gasteiger partial charge in [-0.2, -0.15) is 26.3 Å². The van der Waals surface area contributed by atoms with Crippen LogP contribution >= 0.6 is 0 Å². The molecule has 4 rings (SSSR count). The first-order chi connectivity index (χ1) is 19.0. The number of rotatable bonds is 9. The van der Waals surface area contributed by atoms with Crippen molar-refractivity contribution in [1.82, 2.24) is 15.3 Å². The molecule has 220 valence electrons. The quantitative estimate of drug-likeness (QED) is 0.420. The molecular weight excluding hydrogens is 538 g/mol. The number of carbonyl (C=O) groups is 1. The summed E-state index contributed by atoms with van der Waals surface area (Å²) in [5.74, 6) is -0.860. The smallest absolute Gasteiger partial charge is 0.356 e. The Balaban J connectivity index is 1.43. The minimum atomic E-state index is -4.75. The highest BCUT2D eigenvalue weighted by atomic mass is 19.4. The molecule has 0 bridgehead atoms. The summed E-state index contributed by atoms with van der Waals surface area (Å²) in [5.41, 5.74) is 5.47. The van der Waals surface area contributed by atoms with E-state index in [9.17, 15) is 31.1 Å². The van der Waals surface area contributed by atoms with E-state index in [4.69, 9.17) is 5.73 Å². The Bertz CT molecular complexity index is 1130. The van der Waals surface area contributed by atoms with Crippen molar-refractivity contribution in [2.24, 2.45) is 11.7 Å². The highest BCUT2D eigenvalue weighted by Crippen LogP contribution is 2.34. The van der Waals surface area contributed by atoms with Crippen molar-refractivity contribution in [3.63, 3.8) is 0 Å². The monoisotopic (exact) mass is 572 g/mol. The van der Waals surface area contributed by atoms with Crippen LogP contribution in [0.1, 0.15) is 55.5 Å². The summed E-state index contributed by atoms with van der Waals surface area (Å²) < 4.78 is 79.6. The Morgan fingerprint density at radius 2 is 1.62 bits per heavy atom. The molecule has 0 saturated carbocycles. The zero-order valence-corrected chi connectivity index (χ0v) is 22.1. The zero-order valence-electron chi connectivity index (χ0n) is 22.1. The topological polar surface area (TPSA) is 87.4 Å². The largest absolute Gasteiger partial charge is 0.451 e. The van der Waals surface area contributed by atoms with Crippen LogP contribution in [0.3, 0.4) is 0 Å². The van der Waals surface area contributed by atoms with Gasteiger partial charge in [-0.25, -0.2) is 9.97 Å². The molecule has 13 heteroatoms. The lowest BCUT2D eigenvalue weighted by Crippen LogP contribution is -2.44. The number of hydrogen-bond donors (Lipinski definition) is 2. The molecule has 1 unspecified atom stereocenters. The normalized spacial score (nSPS) is 18.8. The Kier molecular flexibility index (Phi) is 9.42. The SMILES string of the molecule is NCCCC1CCN(c2cc(N3CCCC3C(=O)NCCc3ccc(C(F)(F)F)cc3)nc(C(F)(F)F)n2)CC1. The fourth-order valence-electron chi connectivity index (χ4n) is 5.34. The van der Waals surface area contributed by atoms with Gasteiger partial charge in [0.15, 0.2) is 0 Å². The van der Waals surface area contributed by atoms with Gasteiger partial charge in [-0.15, -0.1) is 0 Å². The fourth-order valence-corrected chi connectivity index (χ4v) is 5.34. The maximum Gasteiger partial charge on any atom is 0.451 e. The molecule has 1 aromatic carbocycles. The van der Waals surface area contributed by atoms with Crippen LogP contribution in [-0.4, -0.2) is 54.6 Å². The Morgan fingerprint density at radius 1 is 0.950 bits per heavy atom. The van der Waals surface area contributed by atoms with E-state index in [-0.39, 0.29) is 24.1 Å². The van der Waals surface area contributed by atoms with E-state index in [1.54, 1.807) is 4.90 Å². The van der Waals surface area contributed by atoms with Gasteiger partial charge >= 0.3 is 12.4 Å². The molecule has 1 atom stereocenters.